The first-order valence-corrected chi connectivity index (χ1v) is 17.1. The van der Waals surface area contributed by atoms with Gasteiger partial charge < -0.3 is 15.2 Å². The molecule has 2 heterocycles. The van der Waals surface area contributed by atoms with E-state index >= 15 is 0 Å². The Morgan fingerprint density at radius 1 is 0.804 bits per heavy atom. The summed E-state index contributed by atoms with van der Waals surface area (Å²) in [6, 6.07) is 25.7. The lowest BCUT2D eigenvalue weighted by Gasteiger charge is -2.50. The van der Waals surface area contributed by atoms with Crippen LogP contribution >= 0.6 is 23.2 Å². The molecule has 0 radical (unpaired) electrons. The van der Waals surface area contributed by atoms with Gasteiger partial charge >= 0.3 is 0 Å². The molecule has 2 aliphatic heterocycles. The number of carbonyl (C=O) groups excluding carboxylic acids is 4. The van der Waals surface area contributed by atoms with Crippen molar-refractivity contribution in [3.05, 3.63) is 120 Å². The van der Waals surface area contributed by atoms with Crippen molar-refractivity contribution in [1.82, 2.24) is 0 Å². The molecule has 9 nitrogen and oxygen atoms in total. The third-order valence-corrected chi connectivity index (χ3v) is 12.0. The molecule has 4 aromatic rings. The van der Waals surface area contributed by atoms with Gasteiger partial charge in [0.2, 0.25) is 11.8 Å². The lowest BCUT2D eigenvalue weighted by atomic mass is 9.56. The van der Waals surface area contributed by atoms with Crippen LogP contribution in [0.4, 0.5) is 27.1 Å². The van der Waals surface area contributed by atoms with Crippen molar-refractivity contribution in [2.75, 3.05) is 22.2 Å². The lowest BCUT2D eigenvalue weighted by Crippen LogP contribution is -2.60. The van der Waals surface area contributed by atoms with Gasteiger partial charge in [-0.3, -0.25) is 24.1 Å². The van der Waals surface area contributed by atoms with E-state index in [9.17, 15) is 28.7 Å². The monoisotopic (exact) mass is 725 g/mol. The fourth-order valence-corrected chi connectivity index (χ4v) is 9.20. The number of nitrogens with zero attached hydrogens (tertiary/aromatic N) is 2. The molecule has 2 aliphatic carbocycles. The highest BCUT2D eigenvalue weighted by atomic mass is 35.5. The number of hydrogen-bond acceptors (Lipinski definition) is 7. The number of allylic oxidation sites excluding steroid dienone is 2. The fourth-order valence-electron chi connectivity index (χ4n) is 8.27. The van der Waals surface area contributed by atoms with Crippen LogP contribution in [-0.4, -0.2) is 45.6 Å². The predicted molar refractivity (Wildman–Crippen MR) is 190 cm³/mol. The summed E-state index contributed by atoms with van der Waals surface area (Å²) in [6.07, 6.45) is 1.69. The number of methoxy groups -OCH3 is 1. The van der Waals surface area contributed by atoms with E-state index in [1.807, 2.05) is 30.3 Å². The van der Waals surface area contributed by atoms with E-state index < -0.39 is 62.9 Å². The van der Waals surface area contributed by atoms with Crippen molar-refractivity contribution in [1.29, 1.82) is 0 Å². The maximum atomic E-state index is 14.5. The molecule has 0 bridgehead atoms. The summed E-state index contributed by atoms with van der Waals surface area (Å²) >= 11 is 14.8. The van der Waals surface area contributed by atoms with Crippen LogP contribution in [0, 0.1) is 23.6 Å². The zero-order valence-electron chi connectivity index (χ0n) is 27.1. The van der Waals surface area contributed by atoms with Crippen molar-refractivity contribution in [3.8, 4) is 11.5 Å². The molecule has 12 heteroatoms. The number of phenolic OH excluding ortho intramolecular Hbond substituents is 1. The summed E-state index contributed by atoms with van der Waals surface area (Å²) in [5.74, 6) is -6.75. The maximum Gasteiger partial charge on any atom is 0.258 e. The molecule has 0 spiro atoms. The Bertz CT molecular complexity index is 2150. The minimum Gasteiger partial charge on any atom is -0.508 e. The molecule has 4 amide bonds. The number of carbonyl (C=O) groups is 4. The van der Waals surface area contributed by atoms with Crippen molar-refractivity contribution >= 4 is 69.6 Å². The Morgan fingerprint density at radius 3 is 2.14 bits per heavy atom. The normalized spacial score (nSPS) is 28.3. The molecule has 0 aromatic heterocycles. The molecule has 51 heavy (non-hydrogen) atoms. The minimum atomic E-state index is -2.19. The topological polar surface area (TPSA) is 116 Å². The third-order valence-electron chi connectivity index (χ3n) is 10.6. The Hall–Kier alpha value is -5.19. The number of benzene rings is 4. The number of nitrogens with one attached hydrogen (secondary N) is 1. The van der Waals surface area contributed by atoms with E-state index in [1.54, 1.807) is 30.3 Å². The minimum absolute atomic E-state index is 0.0628. The van der Waals surface area contributed by atoms with Gasteiger partial charge in [0.05, 0.1) is 30.3 Å². The second-order valence-electron chi connectivity index (χ2n) is 13.2. The molecular formula is C39H30Cl2FN3O6. The predicted octanol–water partition coefficient (Wildman–Crippen LogP) is 7.05. The number of halogens is 3. The number of para-hydroxylation sites is 1. The van der Waals surface area contributed by atoms with Gasteiger partial charge in [0, 0.05) is 22.9 Å². The molecule has 8 rings (SSSR count). The number of rotatable bonds is 6. The number of ether oxygens (including phenoxy) is 1. The van der Waals surface area contributed by atoms with Gasteiger partial charge in [-0.05, 0) is 97.6 Å². The van der Waals surface area contributed by atoms with Crippen molar-refractivity contribution in [2.24, 2.45) is 17.8 Å². The lowest BCUT2D eigenvalue weighted by molar-refractivity contribution is -0.125. The molecule has 2 saturated heterocycles. The number of amides is 4. The number of aromatic hydroxyl groups is 1. The summed E-state index contributed by atoms with van der Waals surface area (Å²) in [6.45, 7) is 0. The van der Waals surface area contributed by atoms with Crippen LogP contribution in [0.3, 0.4) is 0 Å². The summed E-state index contributed by atoms with van der Waals surface area (Å²) < 4.78 is 19.4. The summed E-state index contributed by atoms with van der Waals surface area (Å²) in [7, 11) is 1.44. The number of imide groups is 2. The van der Waals surface area contributed by atoms with E-state index in [4.69, 9.17) is 27.9 Å². The largest absolute Gasteiger partial charge is 0.508 e. The molecule has 258 valence electrons. The molecule has 2 N–H and O–H groups in total. The van der Waals surface area contributed by atoms with Gasteiger partial charge in [0.25, 0.3) is 11.8 Å². The van der Waals surface area contributed by atoms with E-state index in [0.29, 0.717) is 17.0 Å². The molecule has 3 fully saturated rings. The number of phenols is 1. The first-order valence-electron chi connectivity index (χ1n) is 16.4. The van der Waals surface area contributed by atoms with Crippen LogP contribution in [0.25, 0.3) is 0 Å². The van der Waals surface area contributed by atoms with Crippen LogP contribution < -0.4 is 19.9 Å². The van der Waals surface area contributed by atoms with Gasteiger partial charge in [0.15, 0.2) is 9.75 Å². The zero-order chi connectivity index (χ0) is 35.8. The second-order valence-corrected chi connectivity index (χ2v) is 14.5. The van der Waals surface area contributed by atoms with E-state index in [1.165, 1.54) is 42.3 Å². The smallest absolute Gasteiger partial charge is 0.258 e. The molecule has 0 unspecified atom stereocenters. The first-order chi connectivity index (χ1) is 24.5. The SMILES string of the molecule is COc1ccc(O)c([C@H]2C3=CC[C@@H]4C(=O)N(c5ccc(Nc6ccccc6)cc5)C(=O)[C@@H]4[C@@H]3C[C@@]3(Cl)C(=O)N(c4ccc(F)cc4)C(=O)[C@@]23Cl)c1. The molecule has 4 aliphatic rings. The van der Waals surface area contributed by atoms with Gasteiger partial charge in [-0.2, -0.15) is 0 Å². The highest BCUT2D eigenvalue weighted by molar-refractivity contribution is 6.58. The van der Waals surface area contributed by atoms with Crippen LogP contribution in [-0.2, 0) is 19.2 Å². The Morgan fingerprint density at radius 2 is 1.45 bits per heavy atom. The van der Waals surface area contributed by atoms with Crippen molar-refractivity contribution < 1.29 is 33.4 Å². The Kier molecular flexibility index (Phi) is 7.73. The molecule has 1 saturated carbocycles. The number of fused-ring (bicyclic) bond motifs is 4. The Balaban J connectivity index is 1.21. The van der Waals surface area contributed by atoms with Crippen molar-refractivity contribution in [2.45, 2.75) is 28.5 Å². The zero-order valence-corrected chi connectivity index (χ0v) is 28.6. The maximum absolute atomic E-state index is 14.5. The van der Waals surface area contributed by atoms with Gasteiger partial charge in [0.1, 0.15) is 17.3 Å². The average molecular weight is 727 g/mol. The first kappa shape index (κ1) is 33.0. The highest BCUT2D eigenvalue weighted by Crippen LogP contribution is 2.66. The van der Waals surface area contributed by atoms with E-state index in [2.05, 4.69) is 5.32 Å². The van der Waals surface area contributed by atoms with Crippen LogP contribution in [0.5, 0.6) is 11.5 Å². The van der Waals surface area contributed by atoms with Gasteiger partial charge in [-0.25, -0.2) is 9.29 Å². The van der Waals surface area contributed by atoms with Crippen LogP contribution in [0.1, 0.15) is 24.3 Å². The van der Waals surface area contributed by atoms with Crippen LogP contribution in [0.15, 0.2) is 109 Å². The van der Waals surface area contributed by atoms with E-state index in [0.717, 1.165) is 28.4 Å². The molecule has 4 aromatic carbocycles. The van der Waals surface area contributed by atoms with Crippen molar-refractivity contribution in [3.63, 3.8) is 0 Å². The second kappa shape index (κ2) is 12.0. The highest BCUT2D eigenvalue weighted by Gasteiger charge is 2.77. The number of alkyl halides is 2. The molecular weight excluding hydrogens is 696 g/mol. The van der Waals surface area contributed by atoms with Gasteiger partial charge in [-0.15, -0.1) is 23.2 Å². The summed E-state index contributed by atoms with van der Waals surface area (Å²) in [5, 5.41) is 14.6. The third kappa shape index (κ3) is 4.80. The van der Waals surface area contributed by atoms with Crippen LogP contribution in [0.2, 0.25) is 0 Å². The fraction of sp³-hybridized carbons (Fsp3) is 0.231. The van der Waals surface area contributed by atoms with Gasteiger partial charge in [-0.1, -0.05) is 29.8 Å². The average Bonchev–Trinajstić information content (AvgIpc) is 3.47. The standard InChI is InChI=1S/C39H30Cl2FN3O6/c1-51-26-15-18-31(46)29(19-26)33-27-16-17-28-32(35(48)44(34(28)47)24-13-9-23(10-14-24)43-22-5-3-2-4-6-22)30(27)20-38(40)36(49)45(37(50)39(33,38)41)25-11-7-21(42)8-12-25/h2-16,18-19,28,30,32-33,43,46H,17,20H2,1H3/t28-,30+,32-,33+,38+,39-/m0/s1. The summed E-state index contributed by atoms with van der Waals surface area (Å²) in [4.78, 5) is 55.1. The number of hydrogen-bond donors (Lipinski definition) is 2. The van der Waals surface area contributed by atoms with E-state index in [-0.39, 0.29) is 29.8 Å². The Labute approximate surface area is 302 Å². The molecule has 6 atom stereocenters. The number of anilines is 4. The quantitative estimate of drug-likeness (QED) is 0.124. The summed E-state index contributed by atoms with van der Waals surface area (Å²) in [5.41, 5.74) is 2.77.